The molecule has 1 aliphatic heterocycles. The summed E-state index contributed by atoms with van der Waals surface area (Å²) in [7, 11) is 0. The molecule has 0 saturated heterocycles. The maximum absolute atomic E-state index is 4.50. The Labute approximate surface area is 85.1 Å². The predicted molar refractivity (Wildman–Crippen MR) is 61.5 cm³/mol. The predicted octanol–water partition coefficient (Wildman–Crippen LogP) is 3.37. The highest BCUT2D eigenvalue weighted by molar-refractivity contribution is 5.86. The van der Waals surface area contributed by atoms with Crippen LogP contribution in [0.2, 0.25) is 0 Å². The largest absolute Gasteiger partial charge is 0.373 e. The summed E-state index contributed by atoms with van der Waals surface area (Å²) in [5.41, 5.74) is 2.26. The van der Waals surface area contributed by atoms with Gasteiger partial charge < -0.3 is 5.32 Å². The summed E-state index contributed by atoms with van der Waals surface area (Å²) in [5.74, 6) is 0. The third-order valence-corrected chi connectivity index (χ3v) is 3.00. The lowest BCUT2D eigenvalue weighted by Crippen LogP contribution is -2.40. The fraction of sp³-hybridized carbons (Fsp3) is 0.417. The molecule has 0 saturated carbocycles. The molecule has 2 rings (SSSR count). The van der Waals surface area contributed by atoms with Gasteiger partial charge >= 0.3 is 0 Å². The van der Waals surface area contributed by atoms with Gasteiger partial charge in [-0.05, 0) is 25.0 Å². The van der Waals surface area contributed by atoms with Gasteiger partial charge in [-0.15, -0.1) is 0 Å². The average molecular weight is 188 g/mol. The zero-order valence-electron chi connectivity index (χ0n) is 8.75. The molecule has 1 aromatic rings. The van der Waals surface area contributed by atoms with Crippen molar-refractivity contribution in [3.63, 3.8) is 0 Å². The van der Waals surface area contributed by atoms with Crippen molar-refractivity contribution in [2.24, 2.45) is 4.99 Å². The van der Waals surface area contributed by atoms with Crippen LogP contribution in [0.3, 0.4) is 0 Å². The maximum Gasteiger partial charge on any atom is 0.0858 e. The molecule has 0 unspecified atom stereocenters. The van der Waals surface area contributed by atoms with Crippen molar-refractivity contribution >= 4 is 17.6 Å². The van der Waals surface area contributed by atoms with Gasteiger partial charge in [0, 0.05) is 6.21 Å². The van der Waals surface area contributed by atoms with E-state index in [-0.39, 0.29) is 5.54 Å². The number of hydrogen-bond acceptors (Lipinski definition) is 2. The van der Waals surface area contributed by atoms with Gasteiger partial charge in [-0.2, -0.15) is 0 Å². The van der Waals surface area contributed by atoms with E-state index in [4.69, 9.17) is 0 Å². The second-order valence-corrected chi connectivity index (χ2v) is 3.76. The Morgan fingerprint density at radius 3 is 2.64 bits per heavy atom. The molecule has 0 aliphatic carbocycles. The normalized spacial score (nSPS) is 17.3. The Morgan fingerprint density at radius 2 is 1.93 bits per heavy atom. The van der Waals surface area contributed by atoms with Crippen LogP contribution in [-0.4, -0.2) is 11.8 Å². The zero-order chi connectivity index (χ0) is 10.0. The van der Waals surface area contributed by atoms with Crippen LogP contribution in [0.1, 0.15) is 26.7 Å². The fourth-order valence-electron chi connectivity index (χ4n) is 1.79. The smallest absolute Gasteiger partial charge is 0.0858 e. The fourth-order valence-corrected chi connectivity index (χ4v) is 1.79. The second kappa shape index (κ2) is 3.45. The molecule has 0 bridgehead atoms. The van der Waals surface area contributed by atoms with E-state index in [1.54, 1.807) is 0 Å². The summed E-state index contributed by atoms with van der Waals surface area (Å²) >= 11 is 0. The van der Waals surface area contributed by atoms with E-state index < -0.39 is 0 Å². The minimum Gasteiger partial charge on any atom is -0.373 e. The number of benzene rings is 1. The lowest BCUT2D eigenvalue weighted by atomic mass is 9.92. The third-order valence-electron chi connectivity index (χ3n) is 3.00. The topological polar surface area (TPSA) is 24.4 Å². The van der Waals surface area contributed by atoms with Gasteiger partial charge in [0.25, 0.3) is 0 Å². The Balaban J connectivity index is 2.37. The molecule has 1 N–H and O–H groups in total. The van der Waals surface area contributed by atoms with E-state index in [1.165, 1.54) is 0 Å². The monoisotopic (exact) mass is 188 g/mol. The van der Waals surface area contributed by atoms with Gasteiger partial charge in [-0.1, -0.05) is 26.0 Å². The lowest BCUT2D eigenvalue weighted by molar-refractivity contribution is 0.578. The van der Waals surface area contributed by atoms with Crippen LogP contribution in [0.15, 0.2) is 29.3 Å². The summed E-state index contributed by atoms with van der Waals surface area (Å²) in [4.78, 5) is 4.50. The Bertz CT molecular complexity index is 351. The van der Waals surface area contributed by atoms with Gasteiger partial charge in [-0.3, -0.25) is 4.99 Å². The van der Waals surface area contributed by atoms with E-state index in [0.29, 0.717) is 0 Å². The van der Waals surface area contributed by atoms with Crippen molar-refractivity contribution in [1.29, 1.82) is 0 Å². The molecule has 0 spiro atoms. The van der Waals surface area contributed by atoms with E-state index in [2.05, 4.69) is 36.4 Å². The Kier molecular flexibility index (Phi) is 2.28. The van der Waals surface area contributed by atoms with E-state index >= 15 is 0 Å². The minimum atomic E-state index is 0.0638. The molecule has 0 fully saturated rings. The highest BCUT2D eigenvalue weighted by Gasteiger charge is 2.26. The quantitative estimate of drug-likeness (QED) is 0.756. The highest BCUT2D eigenvalue weighted by atomic mass is 15.0. The number of aliphatic imine (C=N–C) groups is 1. The van der Waals surface area contributed by atoms with Crippen LogP contribution in [0, 0.1) is 0 Å². The standard InChI is InChI=1S/C12H16N2/c1-3-12(4-2)9-13-10-7-5-6-8-11(10)14-12/h5-9,14H,3-4H2,1-2H3. The maximum atomic E-state index is 4.50. The first kappa shape index (κ1) is 9.25. The molecule has 0 radical (unpaired) electrons. The number of para-hydroxylation sites is 2. The zero-order valence-corrected chi connectivity index (χ0v) is 8.75. The summed E-state index contributed by atoms with van der Waals surface area (Å²) in [6, 6.07) is 8.19. The Morgan fingerprint density at radius 1 is 1.21 bits per heavy atom. The molecule has 1 aromatic carbocycles. The molecule has 1 aliphatic rings. The first-order chi connectivity index (χ1) is 6.79. The molecule has 2 heteroatoms. The molecular weight excluding hydrogens is 172 g/mol. The van der Waals surface area contributed by atoms with E-state index in [0.717, 1.165) is 24.2 Å². The number of hydrogen-bond donors (Lipinski definition) is 1. The van der Waals surface area contributed by atoms with Crippen LogP contribution in [-0.2, 0) is 0 Å². The SMILES string of the molecule is CCC1(CC)C=Nc2ccccc2N1. The second-order valence-electron chi connectivity index (χ2n) is 3.76. The van der Waals surface area contributed by atoms with Crippen LogP contribution in [0.5, 0.6) is 0 Å². The van der Waals surface area contributed by atoms with E-state index in [9.17, 15) is 0 Å². The number of anilines is 1. The number of nitrogens with one attached hydrogen (secondary N) is 1. The van der Waals surface area contributed by atoms with Gasteiger partial charge in [0.05, 0.1) is 16.9 Å². The molecule has 1 heterocycles. The molecule has 2 nitrogen and oxygen atoms in total. The average Bonchev–Trinajstić information content (AvgIpc) is 2.28. The molecule has 0 aromatic heterocycles. The van der Waals surface area contributed by atoms with Gasteiger partial charge in [0.2, 0.25) is 0 Å². The minimum absolute atomic E-state index is 0.0638. The van der Waals surface area contributed by atoms with Gasteiger partial charge in [0.1, 0.15) is 0 Å². The molecule has 0 amide bonds. The van der Waals surface area contributed by atoms with Crippen molar-refractivity contribution in [3.8, 4) is 0 Å². The highest BCUT2D eigenvalue weighted by Crippen LogP contribution is 2.33. The van der Waals surface area contributed by atoms with E-state index in [1.807, 2.05) is 18.2 Å². The lowest BCUT2D eigenvalue weighted by Gasteiger charge is -2.33. The summed E-state index contributed by atoms with van der Waals surface area (Å²) in [5, 5.41) is 3.56. The molecule has 0 atom stereocenters. The van der Waals surface area contributed by atoms with Gasteiger partial charge in [-0.25, -0.2) is 0 Å². The van der Waals surface area contributed by atoms with Crippen LogP contribution in [0.25, 0.3) is 0 Å². The Hall–Kier alpha value is -1.31. The van der Waals surface area contributed by atoms with Crippen LogP contribution < -0.4 is 5.32 Å². The third kappa shape index (κ3) is 1.41. The van der Waals surface area contributed by atoms with Crippen molar-refractivity contribution in [2.45, 2.75) is 32.2 Å². The first-order valence-electron chi connectivity index (χ1n) is 5.22. The van der Waals surface area contributed by atoms with Crippen molar-refractivity contribution < 1.29 is 0 Å². The first-order valence-corrected chi connectivity index (χ1v) is 5.22. The summed E-state index contributed by atoms with van der Waals surface area (Å²) < 4.78 is 0. The van der Waals surface area contributed by atoms with Crippen LogP contribution >= 0.6 is 0 Å². The van der Waals surface area contributed by atoms with Gasteiger partial charge in [0.15, 0.2) is 0 Å². The van der Waals surface area contributed by atoms with Crippen molar-refractivity contribution in [1.82, 2.24) is 0 Å². The molecular formula is C12H16N2. The molecule has 74 valence electrons. The number of nitrogens with zero attached hydrogens (tertiary/aromatic N) is 1. The summed E-state index contributed by atoms with van der Waals surface area (Å²) in [6.07, 6.45) is 4.19. The molecule has 14 heavy (non-hydrogen) atoms. The number of fused-ring (bicyclic) bond motifs is 1. The summed E-state index contributed by atoms with van der Waals surface area (Å²) in [6.45, 7) is 4.38. The number of rotatable bonds is 2. The van der Waals surface area contributed by atoms with Crippen molar-refractivity contribution in [3.05, 3.63) is 24.3 Å². The van der Waals surface area contributed by atoms with Crippen molar-refractivity contribution in [2.75, 3.05) is 5.32 Å². The van der Waals surface area contributed by atoms with Crippen LogP contribution in [0.4, 0.5) is 11.4 Å².